The Hall–Kier alpha value is -1.56. The molecule has 0 spiro atoms. The van der Waals surface area contributed by atoms with Gasteiger partial charge in [-0.15, -0.1) is 11.8 Å². The Bertz CT molecular complexity index is 481. The summed E-state index contributed by atoms with van der Waals surface area (Å²) in [5.74, 6) is -0.562. The Morgan fingerprint density at radius 3 is 2.75 bits per heavy atom. The standard InChI is InChI=1S/C14H18N2O3S/c1-2-3-13-16(11(9-20-13)14(18)19)12(17)8-10-4-6-15-7-5-10/h4-7,11,13H,2-3,8-9H2,1H3,(H,18,19). The molecule has 1 aromatic heterocycles. The molecule has 108 valence electrons. The van der Waals surface area contributed by atoms with Crippen LogP contribution in [0.15, 0.2) is 24.5 Å². The molecule has 1 aliphatic rings. The van der Waals surface area contributed by atoms with E-state index in [0.29, 0.717) is 5.75 Å². The van der Waals surface area contributed by atoms with E-state index in [-0.39, 0.29) is 17.7 Å². The van der Waals surface area contributed by atoms with Gasteiger partial charge in [0.25, 0.3) is 0 Å². The molecule has 0 aliphatic carbocycles. The van der Waals surface area contributed by atoms with Crippen LogP contribution in [0.1, 0.15) is 25.3 Å². The first-order chi connectivity index (χ1) is 9.63. The number of carboxylic acids is 1. The zero-order chi connectivity index (χ0) is 14.5. The molecule has 1 aliphatic heterocycles. The molecule has 2 unspecified atom stereocenters. The fourth-order valence-electron chi connectivity index (χ4n) is 2.32. The fourth-order valence-corrected chi connectivity index (χ4v) is 3.86. The molecule has 0 saturated carbocycles. The lowest BCUT2D eigenvalue weighted by atomic mass is 10.1. The van der Waals surface area contributed by atoms with Crippen LogP contribution >= 0.6 is 11.8 Å². The average molecular weight is 294 g/mol. The van der Waals surface area contributed by atoms with Crippen molar-refractivity contribution in [2.45, 2.75) is 37.6 Å². The van der Waals surface area contributed by atoms with Crippen LogP contribution in [0.5, 0.6) is 0 Å². The number of thioether (sulfide) groups is 1. The Labute approximate surface area is 122 Å². The lowest BCUT2D eigenvalue weighted by Gasteiger charge is -2.27. The quantitative estimate of drug-likeness (QED) is 0.896. The van der Waals surface area contributed by atoms with Gasteiger partial charge in [-0.25, -0.2) is 4.79 Å². The molecule has 0 aromatic carbocycles. The molecule has 1 aromatic rings. The summed E-state index contributed by atoms with van der Waals surface area (Å²) in [4.78, 5) is 29.2. The minimum atomic E-state index is -0.917. The van der Waals surface area contributed by atoms with Gasteiger partial charge in [0.15, 0.2) is 0 Å². The van der Waals surface area contributed by atoms with E-state index >= 15 is 0 Å². The van der Waals surface area contributed by atoms with Gasteiger partial charge in [-0.05, 0) is 24.1 Å². The zero-order valence-electron chi connectivity index (χ0n) is 11.4. The van der Waals surface area contributed by atoms with Gasteiger partial charge in [-0.3, -0.25) is 9.78 Å². The molecule has 0 bridgehead atoms. The lowest BCUT2D eigenvalue weighted by Crippen LogP contribution is -2.46. The topological polar surface area (TPSA) is 70.5 Å². The van der Waals surface area contributed by atoms with Gasteiger partial charge in [-0.1, -0.05) is 13.3 Å². The molecule has 1 amide bonds. The van der Waals surface area contributed by atoms with E-state index in [0.717, 1.165) is 18.4 Å². The third-order valence-electron chi connectivity index (χ3n) is 3.31. The van der Waals surface area contributed by atoms with Crippen LogP contribution in [0.4, 0.5) is 0 Å². The van der Waals surface area contributed by atoms with Gasteiger partial charge in [0.2, 0.25) is 5.91 Å². The summed E-state index contributed by atoms with van der Waals surface area (Å²) in [7, 11) is 0. The van der Waals surface area contributed by atoms with Crippen molar-refractivity contribution < 1.29 is 14.7 Å². The van der Waals surface area contributed by atoms with Crippen LogP contribution in [0.3, 0.4) is 0 Å². The Balaban J connectivity index is 2.12. The van der Waals surface area contributed by atoms with Crippen molar-refractivity contribution in [2.75, 3.05) is 5.75 Å². The van der Waals surface area contributed by atoms with E-state index in [1.165, 1.54) is 0 Å². The zero-order valence-corrected chi connectivity index (χ0v) is 12.2. The van der Waals surface area contributed by atoms with E-state index in [2.05, 4.69) is 4.98 Å². The van der Waals surface area contributed by atoms with E-state index in [1.54, 1.807) is 41.2 Å². The minimum Gasteiger partial charge on any atom is -0.480 e. The Morgan fingerprint density at radius 1 is 1.45 bits per heavy atom. The van der Waals surface area contributed by atoms with Crippen LogP contribution in [0.25, 0.3) is 0 Å². The molecular weight excluding hydrogens is 276 g/mol. The first-order valence-corrected chi connectivity index (χ1v) is 7.72. The highest BCUT2D eigenvalue weighted by atomic mass is 32.2. The van der Waals surface area contributed by atoms with Crippen molar-refractivity contribution in [3.8, 4) is 0 Å². The molecule has 1 fully saturated rings. The maximum absolute atomic E-state index is 12.4. The second-order valence-electron chi connectivity index (χ2n) is 4.76. The summed E-state index contributed by atoms with van der Waals surface area (Å²) >= 11 is 1.56. The fraction of sp³-hybridized carbons (Fsp3) is 0.500. The van der Waals surface area contributed by atoms with Gasteiger partial charge < -0.3 is 10.0 Å². The maximum atomic E-state index is 12.4. The number of carbonyl (C=O) groups excluding carboxylic acids is 1. The van der Waals surface area contributed by atoms with Crippen LogP contribution in [-0.2, 0) is 16.0 Å². The van der Waals surface area contributed by atoms with E-state index in [1.807, 2.05) is 6.92 Å². The number of amides is 1. The number of carboxylic acid groups (broad SMARTS) is 1. The molecule has 2 heterocycles. The predicted octanol–water partition coefficient (Wildman–Crippen LogP) is 1.78. The van der Waals surface area contributed by atoms with Crippen molar-refractivity contribution in [3.63, 3.8) is 0 Å². The summed E-state index contributed by atoms with van der Waals surface area (Å²) in [6.45, 7) is 2.04. The van der Waals surface area contributed by atoms with Gasteiger partial charge in [-0.2, -0.15) is 0 Å². The number of carbonyl (C=O) groups is 2. The highest BCUT2D eigenvalue weighted by molar-refractivity contribution is 8.00. The van der Waals surface area contributed by atoms with Crippen LogP contribution in [-0.4, -0.2) is 44.0 Å². The monoisotopic (exact) mass is 294 g/mol. The molecule has 1 saturated heterocycles. The van der Waals surface area contributed by atoms with Crippen molar-refractivity contribution >= 4 is 23.6 Å². The molecule has 2 atom stereocenters. The molecule has 20 heavy (non-hydrogen) atoms. The van der Waals surface area contributed by atoms with Crippen molar-refractivity contribution in [3.05, 3.63) is 30.1 Å². The summed E-state index contributed by atoms with van der Waals surface area (Å²) in [6, 6.07) is 2.86. The number of hydrogen-bond acceptors (Lipinski definition) is 4. The summed E-state index contributed by atoms with van der Waals surface area (Å²) in [5.41, 5.74) is 0.862. The second kappa shape index (κ2) is 6.74. The average Bonchev–Trinajstić information content (AvgIpc) is 2.84. The molecule has 0 radical (unpaired) electrons. The van der Waals surface area contributed by atoms with Crippen molar-refractivity contribution in [1.29, 1.82) is 0 Å². The Kier molecular flexibility index (Phi) is 5.00. The van der Waals surface area contributed by atoms with Gasteiger partial charge in [0, 0.05) is 18.1 Å². The van der Waals surface area contributed by atoms with Crippen LogP contribution in [0, 0.1) is 0 Å². The molecule has 5 nitrogen and oxygen atoms in total. The third kappa shape index (κ3) is 3.30. The van der Waals surface area contributed by atoms with Gasteiger partial charge in [0.1, 0.15) is 6.04 Å². The van der Waals surface area contributed by atoms with Gasteiger partial charge >= 0.3 is 5.97 Å². The van der Waals surface area contributed by atoms with E-state index in [9.17, 15) is 14.7 Å². The largest absolute Gasteiger partial charge is 0.480 e. The summed E-state index contributed by atoms with van der Waals surface area (Å²) in [6.07, 6.45) is 5.27. The first kappa shape index (κ1) is 14.8. The molecule has 1 N–H and O–H groups in total. The number of aliphatic carboxylic acids is 1. The first-order valence-electron chi connectivity index (χ1n) is 6.68. The third-order valence-corrected chi connectivity index (χ3v) is 4.66. The molecule has 6 heteroatoms. The number of rotatable bonds is 5. The number of pyridine rings is 1. The highest BCUT2D eigenvalue weighted by Crippen LogP contribution is 2.32. The van der Waals surface area contributed by atoms with Crippen LogP contribution in [0.2, 0.25) is 0 Å². The number of hydrogen-bond donors (Lipinski definition) is 1. The summed E-state index contributed by atoms with van der Waals surface area (Å²) < 4.78 is 0. The number of aromatic nitrogens is 1. The molecular formula is C14H18N2O3S. The van der Waals surface area contributed by atoms with Crippen molar-refractivity contribution in [1.82, 2.24) is 9.88 Å². The molecule has 2 rings (SSSR count). The minimum absolute atomic E-state index is 0.0181. The van der Waals surface area contributed by atoms with Crippen molar-refractivity contribution in [2.24, 2.45) is 0 Å². The Morgan fingerprint density at radius 2 is 2.15 bits per heavy atom. The van der Waals surface area contributed by atoms with Crippen LogP contribution < -0.4 is 0 Å². The highest BCUT2D eigenvalue weighted by Gasteiger charge is 2.40. The van der Waals surface area contributed by atoms with E-state index < -0.39 is 12.0 Å². The SMILES string of the molecule is CCCC1SCC(C(=O)O)N1C(=O)Cc1ccncc1. The maximum Gasteiger partial charge on any atom is 0.327 e. The summed E-state index contributed by atoms with van der Waals surface area (Å²) in [5, 5.41) is 9.25. The predicted molar refractivity (Wildman–Crippen MR) is 77.4 cm³/mol. The smallest absolute Gasteiger partial charge is 0.327 e. The van der Waals surface area contributed by atoms with E-state index in [4.69, 9.17) is 0 Å². The lowest BCUT2D eigenvalue weighted by molar-refractivity contribution is -0.148. The normalized spacial score (nSPS) is 21.9. The second-order valence-corrected chi connectivity index (χ2v) is 5.97. The number of nitrogens with zero attached hydrogens (tertiary/aromatic N) is 2. The van der Waals surface area contributed by atoms with Gasteiger partial charge in [0.05, 0.1) is 11.8 Å².